The van der Waals surface area contributed by atoms with Gasteiger partial charge in [0.05, 0.1) is 17.8 Å². The summed E-state index contributed by atoms with van der Waals surface area (Å²) < 4.78 is 33.6. The van der Waals surface area contributed by atoms with Gasteiger partial charge in [0.1, 0.15) is 11.6 Å². The lowest BCUT2D eigenvalue weighted by molar-refractivity contribution is -0.123. The van der Waals surface area contributed by atoms with Crippen LogP contribution in [-0.4, -0.2) is 27.8 Å². The SMILES string of the molecule is CC(OC(=O)c1ccc(Cn2cccn2)cc1)C(=O)Nc1cc(F)ccc1F. The van der Waals surface area contributed by atoms with E-state index in [1.54, 1.807) is 35.1 Å². The maximum Gasteiger partial charge on any atom is 0.338 e. The second-order valence-corrected chi connectivity index (χ2v) is 6.06. The summed E-state index contributed by atoms with van der Waals surface area (Å²) in [6.45, 7) is 1.90. The molecular weight excluding hydrogens is 368 g/mol. The Balaban J connectivity index is 1.58. The number of benzene rings is 2. The molecular formula is C20H17F2N3O3. The number of carbonyl (C=O) groups excluding carboxylic acids is 2. The smallest absolute Gasteiger partial charge is 0.338 e. The summed E-state index contributed by atoms with van der Waals surface area (Å²) in [7, 11) is 0. The standard InChI is InChI=1S/C20H17F2N3O3/c1-13(19(26)24-18-11-16(21)7-8-17(18)22)28-20(27)15-5-3-14(4-6-15)12-25-10-2-9-23-25/h2-11,13H,12H2,1H3,(H,24,26). The lowest BCUT2D eigenvalue weighted by atomic mass is 10.1. The zero-order valence-corrected chi connectivity index (χ0v) is 14.9. The first-order chi connectivity index (χ1) is 13.4. The third-order valence-corrected chi connectivity index (χ3v) is 3.93. The Kier molecular flexibility index (Phi) is 5.78. The van der Waals surface area contributed by atoms with Crippen LogP contribution < -0.4 is 5.32 Å². The van der Waals surface area contributed by atoms with Crippen LogP contribution in [0.1, 0.15) is 22.8 Å². The average Bonchev–Trinajstić information content (AvgIpc) is 3.18. The number of halogens is 2. The van der Waals surface area contributed by atoms with Gasteiger partial charge in [0.15, 0.2) is 6.10 Å². The third-order valence-electron chi connectivity index (χ3n) is 3.93. The molecule has 6 nitrogen and oxygen atoms in total. The van der Waals surface area contributed by atoms with Gasteiger partial charge in [0, 0.05) is 18.5 Å². The summed E-state index contributed by atoms with van der Waals surface area (Å²) in [5.74, 6) is -2.96. The molecule has 0 saturated carbocycles. The number of carbonyl (C=O) groups is 2. The zero-order chi connectivity index (χ0) is 20.1. The van der Waals surface area contributed by atoms with Crippen molar-refractivity contribution < 1.29 is 23.1 Å². The highest BCUT2D eigenvalue weighted by Gasteiger charge is 2.20. The molecule has 0 fully saturated rings. The first-order valence-corrected chi connectivity index (χ1v) is 8.45. The number of hydrogen-bond donors (Lipinski definition) is 1. The van der Waals surface area contributed by atoms with Crippen molar-refractivity contribution in [2.24, 2.45) is 0 Å². The van der Waals surface area contributed by atoms with Crippen LogP contribution >= 0.6 is 0 Å². The number of anilines is 1. The first-order valence-electron chi connectivity index (χ1n) is 8.45. The summed E-state index contributed by atoms with van der Waals surface area (Å²) >= 11 is 0. The highest BCUT2D eigenvalue weighted by atomic mass is 19.1. The Morgan fingerprint density at radius 2 is 1.93 bits per heavy atom. The molecule has 0 bridgehead atoms. The van der Waals surface area contributed by atoms with E-state index in [4.69, 9.17) is 4.74 Å². The molecule has 1 unspecified atom stereocenters. The van der Waals surface area contributed by atoms with Crippen LogP contribution in [0.3, 0.4) is 0 Å². The van der Waals surface area contributed by atoms with Gasteiger partial charge in [-0.25, -0.2) is 13.6 Å². The normalized spacial score (nSPS) is 11.7. The Morgan fingerprint density at radius 1 is 1.18 bits per heavy atom. The van der Waals surface area contributed by atoms with Gasteiger partial charge in [-0.2, -0.15) is 5.10 Å². The van der Waals surface area contributed by atoms with Crippen molar-refractivity contribution in [3.8, 4) is 0 Å². The minimum atomic E-state index is -1.20. The van der Waals surface area contributed by atoms with Gasteiger partial charge in [-0.3, -0.25) is 9.48 Å². The van der Waals surface area contributed by atoms with E-state index in [0.717, 1.165) is 23.8 Å². The molecule has 8 heteroatoms. The average molecular weight is 385 g/mol. The van der Waals surface area contributed by atoms with E-state index >= 15 is 0 Å². The largest absolute Gasteiger partial charge is 0.449 e. The molecule has 1 heterocycles. The molecule has 0 saturated heterocycles. The number of nitrogens with one attached hydrogen (secondary N) is 1. The number of amides is 1. The fraction of sp³-hybridized carbons (Fsp3) is 0.150. The van der Waals surface area contributed by atoms with Gasteiger partial charge in [-0.15, -0.1) is 0 Å². The minimum absolute atomic E-state index is 0.265. The third kappa shape index (κ3) is 4.79. The van der Waals surface area contributed by atoms with Crippen molar-refractivity contribution in [1.29, 1.82) is 0 Å². The topological polar surface area (TPSA) is 73.2 Å². The van der Waals surface area contributed by atoms with E-state index in [9.17, 15) is 18.4 Å². The zero-order valence-electron chi connectivity index (χ0n) is 14.9. The summed E-state index contributed by atoms with van der Waals surface area (Å²) in [6.07, 6.45) is 2.30. The van der Waals surface area contributed by atoms with Crippen molar-refractivity contribution in [3.05, 3.63) is 83.7 Å². The van der Waals surface area contributed by atoms with E-state index in [1.165, 1.54) is 6.92 Å². The Labute approximate surface area is 159 Å². The van der Waals surface area contributed by atoms with Crippen LogP contribution in [0.5, 0.6) is 0 Å². The fourth-order valence-corrected chi connectivity index (χ4v) is 2.44. The molecule has 1 atom stereocenters. The van der Waals surface area contributed by atoms with Crippen molar-refractivity contribution >= 4 is 17.6 Å². The fourth-order valence-electron chi connectivity index (χ4n) is 2.44. The predicted molar refractivity (Wildman–Crippen MR) is 97.6 cm³/mol. The Bertz CT molecular complexity index is 973. The molecule has 3 rings (SSSR count). The Hall–Kier alpha value is -3.55. The molecule has 0 aliphatic rings. The predicted octanol–water partition coefficient (Wildman–Crippen LogP) is 3.39. The second kappa shape index (κ2) is 8.43. The molecule has 1 amide bonds. The number of hydrogen-bond acceptors (Lipinski definition) is 4. The molecule has 0 spiro atoms. The van der Waals surface area contributed by atoms with Crippen molar-refractivity contribution in [3.63, 3.8) is 0 Å². The molecule has 144 valence electrons. The maximum atomic E-state index is 13.6. The molecule has 28 heavy (non-hydrogen) atoms. The van der Waals surface area contributed by atoms with Crippen LogP contribution in [0, 0.1) is 11.6 Å². The van der Waals surface area contributed by atoms with Gasteiger partial charge in [-0.05, 0) is 42.8 Å². The van der Waals surface area contributed by atoms with Crippen molar-refractivity contribution in [2.45, 2.75) is 19.6 Å². The van der Waals surface area contributed by atoms with Crippen LogP contribution in [0.25, 0.3) is 0 Å². The molecule has 0 aliphatic heterocycles. The molecule has 1 aromatic heterocycles. The molecule has 1 N–H and O–H groups in total. The van der Waals surface area contributed by atoms with Crippen LogP contribution in [0.15, 0.2) is 60.9 Å². The van der Waals surface area contributed by atoms with E-state index < -0.39 is 29.6 Å². The number of ether oxygens (including phenoxy) is 1. The molecule has 2 aromatic carbocycles. The van der Waals surface area contributed by atoms with Crippen LogP contribution in [0.4, 0.5) is 14.5 Å². The lowest BCUT2D eigenvalue weighted by Crippen LogP contribution is -2.30. The maximum absolute atomic E-state index is 13.6. The van der Waals surface area contributed by atoms with E-state index in [-0.39, 0.29) is 11.3 Å². The highest BCUT2D eigenvalue weighted by Crippen LogP contribution is 2.16. The second-order valence-electron chi connectivity index (χ2n) is 6.06. The monoisotopic (exact) mass is 385 g/mol. The molecule has 0 radical (unpaired) electrons. The lowest BCUT2D eigenvalue weighted by Gasteiger charge is -2.14. The van der Waals surface area contributed by atoms with Crippen molar-refractivity contribution in [1.82, 2.24) is 9.78 Å². The Morgan fingerprint density at radius 3 is 2.61 bits per heavy atom. The van der Waals surface area contributed by atoms with E-state index in [1.807, 2.05) is 12.3 Å². The summed E-state index contributed by atoms with van der Waals surface area (Å²) in [5, 5.41) is 6.30. The van der Waals surface area contributed by atoms with E-state index in [2.05, 4.69) is 10.4 Å². The number of rotatable bonds is 6. The summed E-state index contributed by atoms with van der Waals surface area (Å²) in [4.78, 5) is 24.3. The van der Waals surface area contributed by atoms with Crippen LogP contribution in [0.2, 0.25) is 0 Å². The van der Waals surface area contributed by atoms with E-state index in [0.29, 0.717) is 6.54 Å². The number of nitrogens with zero attached hydrogens (tertiary/aromatic N) is 2. The highest BCUT2D eigenvalue weighted by molar-refractivity contribution is 5.97. The minimum Gasteiger partial charge on any atom is -0.449 e. The van der Waals surface area contributed by atoms with Gasteiger partial charge in [-0.1, -0.05) is 12.1 Å². The van der Waals surface area contributed by atoms with Crippen molar-refractivity contribution in [2.75, 3.05) is 5.32 Å². The molecule has 3 aromatic rings. The first kappa shape index (κ1) is 19.2. The van der Waals surface area contributed by atoms with Crippen LogP contribution in [-0.2, 0) is 16.1 Å². The van der Waals surface area contributed by atoms with Gasteiger partial charge in [0.25, 0.3) is 5.91 Å². The van der Waals surface area contributed by atoms with Gasteiger partial charge >= 0.3 is 5.97 Å². The van der Waals surface area contributed by atoms with Gasteiger partial charge in [0.2, 0.25) is 0 Å². The quantitative estimate of drug-likeness (QED) is 0.660. The molecule has 0 aliphatic carbocycles. The number of esters is 1. The van der Waals surface area contributed by atoms with Gasteiger partial charge < -0.3 is 10.1 Å². The summed E-state index contributed by atoms with van der Waals surface area (Å²) in [6, 6.07) is 11.2. The summed E-state index contributed by atoms with van der Waals surface area (Å²) in [5.41, 5.74) is 0.879. The number of aromatic nitrogens is 2.